The van der Waals surface area contributed by atoms with Crippen LogP contribution in [0, 0.1) is 5.82 Å². The van der Waals surface area contributed by atoms with Crippen LogP contribution in [0.3, 0.4) is 0 Å². The normalized spacial score (nSPS) is 13.5. The van der Waals surface area contributed by atoms with Crippen molar-refractivity contribution in [1.82, 2.24) is 0 Å². The third-order valence-electron chi connectivity index (χ3n) is 5.45. The molecule has 0 unspecified atom stereocenters. The van der Waals surface area contributed by atoms with E-state index < -0.39 is 23.6 Å². The summed E-state index contributed by atoms with van der Waals surface area (Å²) in [7, 11) is 0. The summed E-state index contributed by atoms with van der Waals surface area (Å²) in [6.45, 7) is 0. The molecule has 1 N–H and O–H groups in total. The van der Waals surface area contributed by atoms with Crippen LogP contribution in [0.15, 0.2) is 102 Å². The standard InChI is InChI=1S/C27H16ClFN2O4/c28-23-24(26(33)31(25(23)32)20-14-10-18(29)11-15-20)30-19-12-8-17(9-13-19)27(34)35-22-7-3-5-16-4-1-2-6-21(16)22/h1-15,30H. The molecule has 0 bridgehead atoms. The molecule has 8 heteroatoms. The van der Waals surface area contributed by atoms with Crippen LogP contribution >= 0.6 is 11.6 Å². The van der Waals surface area contributed by atoms with Crippen LogP contribution in [-0.4, -0.2) is 17.8 Å². The van der Waals surface area contributed by atoms with Crippen LogP contribution in [0.25, 0.3) is 10.8 Å². The Hall–Kier alpha value is -4.49. The summed E-state index contributed by atoms with van der Waals surface area (Å²) >= 11 is 6.13. The first-order valence-corrected chi connectivity index (χ1v) is 10.9. The lowest BCUT2D eigenvalue weighted by Crippen LogP contribution is -2.32. The van der Waals surface area contributed by atoms with Gasteiger partial charge in [0, 0.05) is 11.1 Å². The predicted molar refractivity (Wildman–Crippen MR) is 131 cm³/mol. The molecular formula is C27H16ClFN2O4. The number of imide groups is 1. The summed E-state index contributed by atoms with van der Waals surface area (Å²) in [5.41, 5.74) is 0.808. The molecule has 1 heterocycles. The number of esters is 1. The summed E-state index contributed by atoms with van der Waals surface area (Å²) in [6.07, 6.45) is 0. The monoisotopic (exact) mass is 486 g/mol. The van der Waals surface area contributed by atoms with Crippen molar-refractivity contribution in [3.8, 4) is 5.75 Å². The quantitative estimate of drug-likeness (QED) is 0.225. The smallest absolute Gasteiger partial charge is 0.343 e. The van der Waals surface area contributed by atoms with E-state index in [1.807, 2.05) is 36.4 Å². The SMILES string of the molecule is O=C(Oc1cccc2ccccc12)c1ccc(NC2=C(Cl)C(=O)N(c3ccc(F)cc3)C2=O)cc1. The molecular weight excluding hydrogens is 471 g/mol. The van der Waals surface area contributed by atoms with E-state index in [0.29, 0.717) is 17.0 Å². The fourth-order valence-corrected chi connectivity index (χ4v) is 3.93. The number of rotatable bonds is 5. The third-order valence-corrected chi connectivity index (χ3v) is 5.81. The minimum absolute atomic E-state index is 0.118. The van der Waals surface area contributed by atoms with Crippen LogP contribution in [0.2, 0.25) is 0 Å². The summed E-state index contributed by atoms with van der Waals surface area (Å²) in [5, 5.41) is 4.31. The Morgan fingerprint density at radius 2 is 1.51 bits per heavy atom. The molecule has 2 amide bonds. The molecule has 0 spiro atoms. The van der Waals surface area contributed by atoms with Crippen molar-refractivity contribution in [3.05, 3.63) is 113 Å². The third kappa shape index (κ3) is 4.25. The molecule has 0 aromatic heterocycles. The molecule has 0 radical (unpaired) electrons. The zero-order chi connectivity index (χ0) is 24.5. The van der Waals surface area contributed by atoms with E-state index in [0.717, 1.165) is 27.8 Å². The number of hydrogen-bond donors (Lipinski definition) is 1. The average molecular weight is 487 g/mol. The Morgan fingerprint density at radius 3 is 2.26 bits per heavy atom. The van der Waals surface area contributed by atoms with Gasteiger partial charge in [-0.2, -0.15) is 0 Å². The fraction of sp³-hybridized carbons (Fsp3) is 0. The highest BCUT2D eigenvalue weighted by molar-refractivity contribution is 6.53. The zero-order valence-corrected chi connectivity index (χ0v) is 18.8. The second-order valence-electron chi connectivity index (χ2n) is 7.68. The topological polar surface area (TPSA) is 75.7 Å². The molecule has 0 atom stereocenters. The maximum atomic E-state index is 13.2. The predicted octanol–water partition coefficient (Wildman–Crippen LogP) is 5.63. The number of ether oxygens (including phenoxy) is 1. The molecule has 0 aliphatic carbocycles. The fourth-order valence-electron chi connectivity index (χ4n) is 3.71. The number of carbonyl (C=O) groups excluding carboxylic acids is 3. The Bertz CT molecular complexity index is 1510. The molecule has 0 fully saturated rings. The molecule has 5 rings (SSSR count). The molecule has 1 aliphatic heterocycles. The first-order chi connectivity index (χ1) is 16.9. The van der Waals surface area contributed by atoms with Crippen LogP contribution in [0.4, 0.5) is 15.8 Å². The maximum Gasteiger partial charge on any atom is 0.343 e. The van der Waals surface area contributed by atoms with Gasteiger partial charge < -0.3 is 10.1 Å². The molecule has 6 nitrogen and oxygen atoms in total. The first kappa shape index (κ1) is 22.3. The highest BCUT2D eigenvalue weighted by Gasteiger charge is 2.39. The Kier molecular flexibility index (Phi) is 5.76. The van der Waals surface area contributed by atoms with E-state index in [1.54, 1.807) is 18.2 Å². The van der Waals surface area contributed by atoms with Crippen molar-refractivity contribution in [2.75, 3.05) is 10.2 Å². The average Bonchev–Trinajstić information content (AvgIpc) is 3.08. The Labute approximate surface area is 204 Å². The van der Waals surface area contributed by atoms with Gasteiger partial charge in [0.25, 0.3) is 11.8 Å². The van der Waals surface area contributed by atoms with Gasteiger partial charge >= 0.3 is 5.97 Å². The van der Waals surface area contributed by atoms with E-state index in [9.17, 15) is 18.8 Å². The maximum absolute atomic E-state index is 13.2. The second-order valence-corrected chi connectivity index (χ2v) is 8.06. The van der Waals surface area contributed by atoms with Gasteiger partial charge in [-0.25, -0.2) is 14.1 Å². The van der Waals surface area contributed by atoms with Gasteiger partial charge in [0.2, 0.25) is 0 Å². The van der Waals surface area contributed by atoms with Crippen molar-refractivity contribution in [1.29, 1.82) is 0 Å². The van der Waals surface area contributed by atoms with E-state index in [1.165, 1.54) is 24.3 Å². The number of hydrogen-bond acceptors (Lipinski definition) is 5. The van der Waals surface area contributed by atoms with Gasteiger partial charge in [-0.1, -0.05) is 48.0 Å². The molecule has 0 saturated heterocycles. The molecule has 0 saturated carbocycles. The molecule has 172 valence electrons. The highest BCUT2D eigenvalue weighted by Crippen LogP contribution is 2.30. The molecule has 4 aromatic carbocycles. The van der Waals surface area contributed by atoms with Gasteiger partial charge in [0.15, 0.2) is 0 Å². The molecule has 1 aliphatic rings. The zero-order valence-electron chi connectivity index (χ0n) is 18.0. The first-order valence-electron chi connectivity index (χ1n) is 10.5. The van der Waals surface area contributed by atoms with E-state index in [2.05, 4.69) is 5.32 Å². The number of nitrogens with zero attached hydrogens (tertiary/aromatic N) is 1. The Balaban J connectivity index is 1.31. The molecule has 35 heavy (non-hydrogen) atoms. The van der Waals surface area contributed by atoms with E-state index >= 15 is 0 Å². The van der Waals surface area contributed by atoms with Gasteiger partial charge in [0.05, 0.1) is 11.3 Å². The van der Waals surface area contributed by atoms with Gasteiger partial charge in [-0.05, 0) is 60.0 Å². The van der Waals surface area contributed by atoms with Gasteiger partial charge in [-0.15, -0.1) is 0 Å². The lowest BCUT2D eigenvalue weighted by molar-refractivity contribution is -0.120. The lowest BCUT2D eigenvalue weighted by Gasteiger charge is -2.15. The van der Waals surface area contributed by atoms with Crippen LogP contribution < -0.4 is 15.0 Å². The number of halogens is 2. The van der Waals surface area contributed by atoms with Crippen LogP contribution in [0.1, 0.15) is 10.4 Å². The minimum atomic E-state index is -0.721. The van der Waals surface area contributed by atoms with Crippen molar-refractivity contribution in [3.63, 3.8) is 0 Å². The summed E-state index contributed by atoms with van der Waals surface area (Å²) in [4.78, 5) is 38.9. The van der Waals surface area contributed by atoms with Crippen molar-refractivity contribution >= 4 is 51.5 Å². The number of fused-ring (bicyclic) bond motifs is 1. The Morgan fingerprint density at radius 1 is 0.829 bits per heavy atom. The van der Waals surface area contributed by atoms with Gasteiger partial charge in [0.1, 0.15) is 22.3 Å². The number of nitrogens with one attached hydrogen (secondary N) is 1. The van der Waals surface area contributed by atoms with E-state index in [4.69, 9.17) is 16.3 Å². The minimum Gasteiger partial charge on any atom is -0.422 e. The number of carbonyl (C=O) groups is 3. The van der Waals surface area contributed by atoms with Crippen molar-refractivity contribution < 1.29 is 23.5 Å². The van der Waals surface area contributed by atoms with Crippen molar-refractivity contribution in [2.45, 2.75) is 0 Å². The largest absolute Gasteiger partial charge is 0.422 e. The molecule has 4 aromatic rings. The summed E-state index contributed by atoms with van der Waals surface area (Å²) in [6, 6.07) is 24.1. The lowest BCUT2D eigenvalue weighted by atomic mass is 10.1. The van der Waals surface area contributed by atoms with Crippen LogP contribution in [0.5, 0.6) is 5.75 Å². The number of benzene rings is 4. The van der Waals surface area contributed by atoms with Crippen LogP contribution in [-0.2, 0) is 9.59 Å². The number of amides is 2. The highest BCUT2D eigenvalue weighted by atomic mass is 35.5. The summed E-state index contributed by atoms with van der Waals surface area (Å²) in [5.74, 6) is -1.99. The van der Waals surface area contributed by atoms with E-state index in [-0.39, 0.29) is 16.4 Å². The summed E-state index contributed by atoms with van der Waals surface area (Å²) < 4.78 is 18.8. The van der Waals surface area contributed by atoms with Gasteiger partial charge in [-0.3, -0.25) is 9.59 Å². The number of anilines is 2. The van der Waals surface area contributed by atoms with Crippen molar-refractivity contribution in [2.24, 2.45) is 0 Å². The second kappa shape index (κ2) is 9.04.